The average molecular weight is 510 g/mol. The van der Waals surface area contributed by atoms with E-state index in [1.54, 1.807) is 55.4 Å². The highest BCUT2D eigenvalue weighted by atomic mass is 19.1. The number of rotatable bonds is 7. The van der Waals surface area contributed by atoms with Crippen LogP contribution in [0.25, 0.3) is 0 Å². The number of hydrogen-bond donors (Lipinski definition) is 3. The summed E-state index contributed by atoms with van der Waals surface area (Å²) < 4.78 is 15.5. The third-order valence-electron chi connectivity index (χ3n) is 6.97. The summed E-state index contributed by atoms with van der Waals surface area (Å²) in [7, 11) is 3.32. The average Bonchev–Trinajstić information content (AvgIpc) is 3.30. The summed E-state index contributed by atoms with van der Waals surface area (Å²) >= 11 is 0. The number of likely N-dealkylation sites (N-methyl/N-ethyl adjacent to an activating group) is 1. The fourth-order valence-corrected chi connectivity index (χ4v) is 4.92. The minimum atomic E-state index is -1.21. The van der Waals surface area contributed by atoms with Crippen LogP contribution in [0.5, 0.6) is 0 Å². The normalized spacial score (nSPS) is 19.7. The van der Waals surface area contributed by atoms with Gasteiger partial charge in [-0.2, -0.15) is 5.10 Å². The number of halogens is 1. The standard InChI is InChI=1S/C26H32FN7O3/c1-5-20(18-14-17(27)7-6-15(18)2)31-26(37)34-23(25(36)32(3)22-9-11-30-33(22)4)19(24(34)35)12-16-8-10-29-21(28)13-16/h6-11,13-14,19-20,23-24,35H,5,12H2,1-4H3,(H2,28,29)(H,31,37)/t19-,20-,23+,24?/m1/s1. The molecule has 0 radical (unpaired) electrons. The lowest BCUT2D eigenvalue weighted by Gasteiger charge is -2.52. The van der Waals surface area contributed by atoms with Gasteiger partial charge in [-0.25, -0.2) is 14.2 Å². The van der Waals surface area contributed by atoms with Gasteiger partial charge in [0, 0.05) is 32.3 Å². The maximum atomic E-state index is 14.0. The van der Waals surface area contributed by atoms with E-state index < -0.39 is 36.1 Å². The molecular weight excluding hydrogens is 477 g/mol. The molecule has 0 spiro atoms. The van der Waals surface area contributed by atoms with Crippen molar-refractivity contribution in [1.82, 2.24) is 25.0 Å². The van der Waals surface area contributed by atoms with E-state index in [9.17, 15) is 19.1 Å². The van der Waals surface area contributed by atoms with Gasteiger partial charge in [0.05, 0.1) is 12.2 Å². The van der Waals surface area contributed by atoms with Crippen LogP contribution in [0.4, 0.5) is 20.8 Å². The molecule has 3 heterocycles. The Bertz CT molecular complexity index is 1300. The number of hydrogen-bond acceptors (Lipinski definition) is 6. The first kappa shape index (κ1) is 26.1. The van der Waals surface area contributed by atoms with Crippen molar-refractivity contribution in [1.29, 1.82) is 0 Å². The van der Waals surface area contributed by atoms with E-state index >= 15 is 0 Å². The SMILES string of the molecule is CC[C@@H](NC(=O)N1C(O)[C@H](Cc2ccnc(N)c2)[C@H]1C(=O)N(C)c1ccnn1C)c1cc(F)ccc1C. The number of anilines is 2. The van der Waals surface area contributed by atoms with Crippen molar-refractivity contribution in [3.8, 4) is 0 Å². The maximum Gasteiger partial charge on any atom is 0.320 e. The molecule has 4 rings (SSSR count). The minimum Gasteiger partial charge on any atom is -0.384 e. The largest absolute Gasteiger partial charge is 0.384 e. The number of nitrogens with two attached hydrogens (primary N) is 1. The van der Waals surface area contributed by atoms with Crippen LogP contribution < -0.4 is 16.0 Å². The number of nitrogen functional groups attached to an aromatic ring is 1. The number of pyridine rings is 1. The Morgan fingerprint density at radius 2 is 2.00 bits per heavy atom. The zero-order valence-electron chi connectivity index (χ0n) is 21.3. The number of aryl methyl sites for hydroxylation is 2. The molecule has 196 valence electrons. The molecule has 1 unspecified atom stereocenters. The molecule has 4 N–H and O–H groups in total. The third kappa shape index (κ3) is 5.12. The summed E-state index contributed by atoms with van der Waals surface area (Å²) in [6.45, 7) is 3.71. The Morgan fingerprint density at radius 1 is 1.24 bits per heavy atom. The van der Waals surface area contributed by atoms with Crippen molar-refractivity contribution in [2.24, 2.45) is 13.0 Å². The molecule has 1 fully saturated rings. The maximum absolute atomic E-state index is 14.0. The van der Waals surface area contributed by atoms with Gasteiger partial charge in [-0.1, -0.05) is 13.0 Å². The van der Waals surface area contributed by atoms with Crippen molar-refractivity contribution >= 4 is 23.6 Å². The van der Waals surface area contributed by atoms with Gasteiger partial charge in [-0.05, 0) is 60.7 Å². The van der Waals surface area contributed by atoms with Gasteiger partial charge in [-0.15, -0.1) is 0 Å². The number of aliphatic hydroxyl groups excluding tert-OH is 1. The van der Waals surface area contributed by atoms with Crippen molar-refractivity contribution in [3.05, 3.63) is 71.3 Å². The number of amides is 3. The van der Waals surface area contributed by atoms with Crippen LogP contribution in [0.3, 0.4) is 0 Å². The van der Waals surface area contributed by atoms with Gasteiger partial charge in [0.15, 0.2) is 0 Å². The smallest absolute Gasteiger partial charge is 0.320 e. The van der Waals surface area contributed by atoms with E-state index in [2.05, 4.69) is 15.4 Å². The van der Waals surface area contributed by atoms with Crippen LogP contribution in [0, 0.1) is 18.7 Å². The van der Waals surface area contributed by atoms with E-state index in [1.165, 1.54) is 17.0 Å². The van der Waals surface area contributed by atoms with Gasteiger partial charge in [0.2, 0.25) is 0 Å². The summed E-state index contributed by atoms with van der Waals surface area (Å²) in [6, 6.07) is 7.50. The zero-order chi connectivity index (χ0) is 26.9. The van der Waals surface area contributed by atoms with Crippen LogP contribution in [0.1, 0.15) is 36.1 Å². The second kappa shape index (κ2) is 10.6. The van der Waals surface area contributed by atoms with Crippen LogP contribution >= 0.6 is 0 Å². The molecule has 1 aliphatic rings. The highest BCUT2D eigenvalue weighted by molar-refractivity contribution is 5.99. The Hall–Kier alpha value is -3.99. The number of carbonyl (C=O) groups excluding carboxylic acids is 2. The fraction of sp³-hybridized carbons (Fsp3) is 0.385. The topological polar surface area (TPSA) is 130 Å². The van der Waals surface area contributed by atoms with Crippen molar-refractivity contribution < 1.29 is 19.1 Å². The minimum absolute atomic E-state index is 0.313. The number of carbonyl (C=O) groups is 2. The molecule has 10 nitrogen and oxygen atoms in total. The van der Waals surface area contributed by atoms with E-state index in [0.29, 0.717) is 30.0 Å². The number of urea groups is 1. The number of likely N-dealkylation sites (tertiary alicyclic amines) is 1. The highest BCUT2D eigenvalue weighted by Gasteiger charge is 2.55. The van der Waals surface area contributed by atoms with E-state index in [0.717, 1.165) is 16.0 Å². The Kier molecular flexibility index (Phi) is 7.44. The molecule has 1 aliphatic heterocycles. The predicted octanol–water partition coefficient (Wildman–Crippen LogP) is 2.53. The lowest BCUT2D eigenvalue weighted by atomic mass is 9.80. The van der Waals surface area contributed by atoms with E-state index in [1.807, 2.05) is 13.8 Å². The second-order valence-corrected chi connectivity index (χ2v) is 9.34. The van der Waals surface area contributed by atoms with Gasteiger partial charge >= 0.3 is 6.03 Å². The van der Waals surface area contributed by atoms with Gasteiger partial charge in [0.25, 0.3) is 5.91 Å². The lowest BCUT2D eigenvalue weighted by molar-refractivity contribution is -0.164. The first-order valence-corrected chi connectivity index (χ1v) is 12.1. The summed E-state index contributed by atoms with van der Waals surface area (Å²) in [5.74, 6) is -0.481. The van der Waals surface area contributed by atoms with Crippen LogP contribution in [-0.4, -0.2) is 56.0 Å². The molecule has 0 aliphatic carbocycles. The molecule has 3 amide bonds. The monoisotopic (exact) mass is 509 g/mol. The predicted molar refractivity (Wildman–Crippen MR) is 137 cm³/mol. The molecule has 3 aromatic rings. The number of nitrogens with zero attached hydrogens (tertiary/aromatic N) is 5. The number of aliphatic hydroxyl groups is 1. The Balaban J connectivity index is 1.61. The fourth-order valence-electron chi connectivity index (χ4n) is 4.92. The summed E-state index contributed by atoms with van der Waals surface area (Å²) in [5.41, 5.74) is 8.08. The summed E-state index contributed by atoms with van der Waals surface area (Å²) in [5, 5.41) is 18.1. The van der Waals surface area contributed by atoms with Crippen molar-refractivity contribution in [2.75, 3.05) is 17.7 Å². The molecule has 11 heteroatoms. The third-order valence-corrected chi connectivity index (χ3v) is 6.97. The van der Waals surface area contributed by atoms with Crippen molar-refractivity contribution in [3.63, 3.8) is 0 Å². The Labute approximate surface area is 214 Å². The van der Waals surface area contributed by atoms with Crippen LogP contribution in [0.2, 0.25) is 0 Å². The summed E-state index contributed by atoms with van der Waals surface area (Å²) in [4.78, 5) is 33.7. The highest BCUT2D eigenvalue weighted by Crippen LogP contribution is 2.36. The van der Waals surface area contributed by atoms with E-state index in [-0.39, 0.29) is 5.91 Å². The van der Waals surface area contributed by atoms with Gasteiger partial charge < -0.3 is 16.2 Å². The van der Waals surface area contributed by atoms with Crippen molar-refractivity contribution in [2.45, 2.75) is 45.0 Å². The molecular formula is C26H32FN7O3. The molecule has 0 bridgehead atoms. The molecule has 2 aromatic heterocycles. The molecule has 0 saturated carbocycles. The van der Waals surface area contributed by atoms with Gasteiger partial charge in [0.1, 0.15) is 29.7 Å². The second-order valence-electron chi connectivity index (χ2n) is 9.34. The van der Waals surface area contributed by atoms with Crippen LogP contribution in [0.15, 0.2) is 48.8 Å². The number of benzene rings is 1. The lowest BCUT2D eigenvalue weighted by Crippen LogP contribution is -2.72. The first-order valence-electron chi connectivity index (χ1n) is 12.1. The van der Waals surface area contributed by atoms with Gasteiger partial charge in [-0.3, -0.25) is 19.3 Å². The van der Waals surface area contributed by atoms with Crippen LogP contribution in [-0.2, 0) is 18.3 Å². The molecule has 1 saturated heterocycles. The zero-order valence-corrected chi connectivity index (χ0v) is 21.3. The Morgan fingerprint density at radius 3 is 2.65 bits per heavy atom. The summed E-state index contributed by atoms with van der Waals surface area (Å²) in [6.07, 6.45) is 2.73. The molecule has 4 atom stereocenters. The van der Waals surface area contributed by atoms with E-state index in [4.69, 9.17) is 5.73 Å². The molecule has 37 heavy (non-hydrogen) atoms. The number of aromatic nitrogens is 3. The quantitative estimate of drug-likeness (QED) is 0.449. The number of nitrogens with one attached hydrogen (secondary N) is 1. The first-order chi connectivity index (χ1) is 17.6. The molecule has 1 aromatic carbocycles.